The zero-order valence-electron chi connectivity index (χ0n) is 13.0. The van der Waals surface area contributed by atoms with Crippen LogP contribution in [0.5, 0.6) is 5.75 Å². The van der Waals surface area contributed by atoms with Gasteiger partial charge < -0.3 is 10.5 Å². The van der Waals surface area contributed by atoms with Crippen LogP contribution in [0.2, 0.25) is 5.02 Å². The first kappa shape index (κ1) is 15.9. The quantitative estimate of drug-likeness (QED) is 0.922. The summed E-state index contributed by atoms with van der Waals surface area (Å²) >= 11 is 6.38. The van der Waals surface area contributed by atoms with Crippen LogP contribution in [-0.2, 0) is 18.5 Å². The van der Waals surface area contributed by atoms with E-state index in [0.29, 0.717) is 11.4 Å². The fourth-order valence-corrected chi connectivity index (χ4v) is 2.67. The van der Waals surface area contributed by atoms with E-state index in [4.69, 9.17) is 22.1 Å². The van der Waals surface area contributed by atoms with E-state index in [2.05, 4.69) is 5.10 Å². The Labute approximate surface area is 130 Å². The predicted octanol–water partition coefficient (Wildman–Crippen LogP) is 3.29. The maximum atomic E-state index is 6.54. The summed E-state index contributed by atoms with van der Waals surface area (Å²) in [4.78, 5) is 0. The number of nitrogens with two attached hydrogens (primary N) is 1. The fraction of sp³-hybridized carbons (Fsp3) is 0.438. The minimum atomic E-state index is -0.544. The first-order valence-corrected chi connectivity index (χ1v) is 7.42. The van der Waals surface area contributed by atoms with Crippen LogP contribution in [0.3, 0.4) is 0 Å². The van der Waals surface area contributed by atoms with Gasteiger partial charge in [-0.15, -0.1) is 0 Å². The largest absolute Gasteiger partial charge is 0.497 e. The number of benzene rings is 1. The molecule has 0 aliphatic heterocycles. The van der Waals surface area contributed by atoms with Gasteiger partial charge in [0.2, 0.25) is 0 Å². The Morgan fingerprint density at radius 2 is 2.14 bits per heavy atom. The lowest BCUT2D eigenvalue weighted by Gasteiger charge is -2.26. The van der Waals surface area contributed by atoms with Crippen LogP contribution < -0.4 is 10.5 Å². The van der Waals surface area contributed by atoms with Gasteiger partial charge in [-0.1, -0.05) is 23.7 Å². The number of aromatic nitrogens is 2. The van der Waals surface area contributed by atoms with Crippen molar-refractivity contribution < 1.29 is 4.74 Å². The Hall–Kier alpha value is -1.52. The molecule has 1 heterocycles. The van der Waals surface area contributed by atoms with Crippen LogP contribution in [0.25, 0.3) is 0 Å². The predicted molar refractivity (Wildman–Crippen MR) is 85.9 cm³/mol. The van der Waals surface area contributed by atoms with Crippen LogP contribution in [0.4, 0.5) is 0 Å². The number of hydrogen-bond donors (Lipinski definition) is 1. The molecule has 0 saturated heterocycles. The molecular weight excluding hydrogens is 286 g/mol. The SMILES string of the molecule is CCn1nc(C)c(Cl)c1CC(C)(N)c1cccc(OC)c1. The Balaban J connectivity index is 2.36. The smallest absolute Gasteiger partial charge is 0.119 e. The van der Waals surface area contributed by atoms with Crippen LogP contribution >= 0.6 is 11.6 Å². The number of rotatable bonds is 5. The Bertz CT molecular complexity index is 634. The molecule has 21 heavy (non-hydrogen) atoms. The number of ether oxygens (including phenoxy) is 1. The Morgan fingerprint density at radius 1 is 1.43 bits per heavy atom. The first-order valence-electron chi connectivity index (χ1n) is 7.04. The van der Waals surface area contributed by atoms with Gasteiger partial charge in [0.1, 0.15) is 5.75 Å². The van der Waals surface area contributed by atoms with Crippen molar-refractivity contribution in [3.8, 4) is 5.75 Å². The molecule has 4 nitrogen and oxygen atoms in total. The van der Waals surface area contributed by atoms with Crippen LogP contribution in [0.15, 0.2) is 24.3 Å². The van der Waals surface area contributed by atoms with E-state index >= 15 is 0 Å². The van der Waals surface area contributed by atoms with Gasteiger partial charge in [0.25, 0.3) is 0 Å². The molecule has 5 heteroatoms. The molecule has 0 fully saturated rings. The molecule has 114 valence electrons. The van der Waals surface area contributed by atoms with Crippen molar-refractivity contribution in [1.82, 2.24) is 9.78 Å². The number of halogens is 1. The van der Waals surface area contributed by atoms with E-state index in [1.165, 1.54) is 0 Å². The van der Waals surface area contributed by atoms with Gasteiger partial charge in [-0.05, 0) is 38.5 Å². The maximum Gasteiger partial charge on any atom is 0.119 e. The third-order valence-corrected chi connectivity index (χ3v) is 4.21. The lowest BCUT2D eigenvalue weighted by Crippen LogP contribution is -2.36. The summed E-state index contributed by atoms with van der Waals surface area (Å²) in [6.07, 6.45) is 0.619. The molecule has 0 radical (unpaired) electrons. The van der Waals surface area contributed by atoms with Crippen molar-refractivity contribution in [2.24, 2.45) is 5.73 Å². The van der Waals surface area contributed by atoms with Gasteiger partial charge >= 0.3 is 0 Å². The van der Waals surface area contributed by atoms with Crippen LogP contribution in [0, 0.1) is 6.92 Å². The van der Waals surface area contributed by atoms with Gasteiger partial charge in [0.15, 0.2) is 0 Å². The van der Waals surface area contributed by atoms with Crippen molar-refractivity contribution in [2.75, 3.05) is 7.11 Å². The van der Waals surface area contributed by atoms with Crippen molar-refractivity contribution in [2.45, 2.75) is 39.3 Å². The molecule has 1 atom stereocenters. The molecule has 2 rings (SSSR count). The third kappa shape index (κ3) is 3.22. The summed E-state index contributed by atoms with van der Waals surface area (Å²) in [5.74, 6) is 0.801. The van der Waals surface area contributed by atoms with Crippen LogP contribution in [0.1, 0.15) is 30.8 Å². The number of nitrogens with zero attached hydrogens (tertiary/aromatic N) is 2. The average Bonchev–Trinajstić information content (AvgIpc) is 2.74. The van der Waals surface area contributed by atoms with E-state index in [1.807, 2.05) is 49.7 Å². The zero-order valence-corrected chi connectivity index (χ0v) is 13.7. The molecule has 0 amide bonds. The standard InChI is InChI=1S/C16H22ClN3O/c1-5-20-14(15(17)11(2)19-20)10-16(3,18)12-7-6-8-13(9-12)21-4/h6-9H,5,10,18H2,1-4H3. The van der Waals surface area contributed by atoms with Gasteiger partial charge in [-0.3, -0.25) is 4.68 Å². The van der Waals surface area contributed by atoms with Crippen molar-refractivity contribution in [1.29, 1.82) is 0 Å². The topological polar surface area (TPSA) is 53.1 Å². The van der Waals surface area contributed by atoms with E-state index in [9.17, 15) is 0 Å². The number of aryl methyl sites for hydroxylation is 2. The molecule has 0 spiro atoms. The summed E-state index contributed by atoms with van der Waals surface area (Å²) < 4.78 is 7.19. The lowest BCUT2D eigenvalue weighted by atomic mass is 9.88. The molecule has 1 aromatic heterocycles. The van der Waals surface area contributed by atoms with Crippen LogP contribution in [-0.4, -0.2) is 16.9 Å². The fourth-order valence-electron chi connectivity index (χ4n) is 2.47. The van der Waals surface area contributed by atoms with Gasteiger partial charge in [0, 0.05) is 18.5 Å². The highest BCUT2D eigenvalue weighted by molar-refractivity contribution is 6.31. The monoisotopic (exact) mass is 307 g/mol. The minimum Gasteiger partial charge on any atom is -0.497 e. The molecular formula is C16H22ClN3O. The second-order valence-electron chi connectivity index (χ2n) is 5.49. The van der Waals surface area contributed by atoms with E-state index in [0.717, 1.165) is 29.2 Å². The van der Waals surface area contributed by atoms with Crippen molar-refractivity contribution >= 4 is 11.6 Å². The molecule has 1 unspecified atom stereocenters. The normalized spacial score (nSPS) is 14.0. The van der Waals surface area contributed by atoms with Crippen molar-refractivity contribution in [3.63, 3.8) is 0 Å². The molecule has 0 bridgehead atoms. The summed E-state index contributed by atoms with van der Waals surface area (Å²) in [6.45, 7) is 6.74. The number of methoxy groups -OCH3 is 1. The maximum absolute atomic E-state index is 6.54. The summed E-state index contributed by atoms with van der Waals surface area (Å²) in [7, 11) is 1.65. The molecule has 0 aliphatic carbocycles. The summed E-state index contributed by atoms with van der Waals surface area (Å²) in [5.41, 5.74) is 8.83. The van der Waals surface area contributed by atoms with Gasteiger partial charge in [-0.2, -0.15) is 5.10 Å². The zero-order chi connectivity index (χ0) is 15.6. The molecule has 2 N–H and O–H groups in total. The minimum absolute atomic E-state index is 0.544. The van der Waals surface area contributed by atoms with Gasteiger partial charge in [0.05, 0.1) is 23.5 Å². The first-order chi connectivity index (χ1) is 9.89. The van der Waals surface area contributed by atoms with Crippen molar-refractivity contribution in [3.05, 3.63) is 46.2 Å². The van der Waals surface area contributed by atoms with Gasteiger partial charge in [-0.25, -0.2) is 0 Å². The number of hydrogen-bond acceptors (Lipinski definition) is 3. The second-order valence-corrected chi connectivity index (χ2v) is 5.87. The summed E-state index contributed by atoms with van der Waals surface area (Å²) in [6, 6.07) is 7.83. The molecule has 0 aliphatic rings. The highest BCUT2D eigenvalue weighted by atomic mass is 35.5. The highest BCUT2D eigenvalue weighted by Crippen LogP contribution is 2.30. The lowest BCUT2D eigenvalue weighted by molar-refractivity contribution is 0.409. The average molecular weight is 308 g/mol. The molecule has 1 aromatic carbocycles. The van der Waals surface area contributed by atoms with E-state index < -0.39 is 5.54 Å². The molecule has 0 saturated carbocycles. The van der Waals surface area contributed by atoms with E-state index in [-0.39, 0.29) is 0 Å². The third-order valence-electron chi connectivity index (χ3n) is 3.72. The summed E-state index contributed by atoms with van der Waals surface area (Å²) in [5, 5.41) is 5.15. The second kappa shape index (κ2) is 6.08. The Morgan fingerprint density at radius 3 is 2.76 bits per heavy atom. The van der Waals surface area contributed by atoms with E-state index in [1.54, 1.807) is 7.11 Å². The Kier molecular flexibility index (Phi) is 4.59. The molecule has 2 aromatic rings. The highest BCUT2D eigenvalue weighted by Gasteiger charge is 2.26.